The minimum absolute atomic E-state index is 0. The van der Waals surface area contributed by atoms with Gasteiger partial charge >= 0.3 is 0 Å². The SMILES string of the molecule is Cc1cccn2cc(CCN=C(N)NC3CCOc4ccccc43)nc12.I. The second-order valence-corrected chi connectivity index (χ2v) is 6.54. The van der Waals surface area contributed by atoms with Crippen molar-refractivity contribution in [2.45, 2.75) is 25.8 Å². The summed E-state index contributed by atoms with van der Waals surface area (Å²) in [6.07, 6.45) is 5.70. The van der Waals surface area contributed by atoms with Crippen LogP contribution in [0, 0.1) is 6.92 Å². The number of nitrogens with two attached hydrogens (primary N) is 1. The van der Waals surface area contributed by atoms with Gasteiger partial charge in [0, 0.05) is 37.3 Å². The highest BCUT2D eigenvalue weighted by Gasteiger charge is 2.21. The molecule has 7 heteroatoms. The molecule has 1 aliphatic heterocycles. The average Bonchev–Trinajstić information content (AvgIpc) is 3.06. The first kappa shape index (κ1) is 19.5. The molecule has 3 N–H and O–H groups in total. The third-order valence-corrected chi connectivity index (χ3v) is 4.66. The summed E-state index contributed by atoms with van der Waals surface area (Å²) in [5.74, 6) is 1.38. The number of rotatable bonds is 4. The van der Waals surface area contributed by atoms with E-state index in [2.05, 4.69) is 44.9 Å². The molecule has 1 unspecified atom stereocenters. The van der Waals surface area contributed by atoms with E-state index < -0.39 is 0 Å². The van der Waals surface area contributed by atoms with Gasteiger partial charge in [-0.15, -0.1) is 24.0 Å². The van der Waals surface area contributed by atoms with Gasteiger partial charge in [0.1, 0.15) is 11.4 Å². The molecule has 6 nitrogen and oxygen atoms in total. The number of halogens is 1. The number of aromatic nitrogens is 2. The maximum absolute atomic E-state index is 6.10. The first-order valence-corrected chi connectivity index (χ1v) is 8.92. The van der Waals surface area contributed by atoms with Crippen LogP contribution in [0.15, 0.2) is 53.8 Å². The Balaban J connectivity index is 0.00000210. The van der Waals surface area contributed by atoms with Crippen LogP contribution in [0.2, 0.25) is 0 Å². The molecular weight excluding hydrogens is 453 g/mol. The summed E-state index contributed by atoms with van der Waals surface area (Å²) in [5, 5.41) is 3.32. The summed E-state index contributed by atoms with van der Waals surface area (Å²) in [6, 6.07) is 12.3. The van der Waals surface area contributed by atoms with Gasteiger partial charge in [-0.05, 0) is 24.6 Å². The molecule has 1 atom stereocenters. The number of hydrogen-bond acceptors (Lipinski definition) is 3. The summed E-state index contributed by atoms with van der Waals surface area (Å²) in [4.78, 5) is 9.14. The van der Waals surface area contributed by atoms with Crippen LogP contribution in [-0.2, 0) is 6.42 Å². The molecule has 3 heterocycles. The highest BCUT2D eigenvalue weighted by molar-refractivity contribution is 14.0. The molecule has 0 radical (unpaired) electrons. The van der Waals surface area contributed by atoms with Crippen molar-refractivity contribution in [1.29, 1.82) is 0 Å². The number of pyridine rings is 1. The Morgan fingerprint density at radius 2 is 2.19 bits per heavy atom. The lowest BCUT2D eigenvalue weighted by Crippen LogP contribution is -2.37. The average molecular weight is 477 g/mol. The Morgan fingerprint density at radius 1 is 1.33 bits per heavy atom. The zero-order valence-corrected chi connectivity index (χ0v) is 17.6. The maximum Gasteiger partial charge on any atom is 0.189 e. The molecular formula is C20H24IN5O. The highest BCUT2D eigenvalue weighted by Crippen LogP contribution is 2.31. The molecule has 0 spiro atoms. The van der Waals surface area contributed by atoms with Gasteiger partial charge in [0.25, 0.3) is 0 Å². The zero-order valence-electron chi connectivity index (χ0n) is 15.3. The summed E-state index contributed by atoms with van der Waals surface area (Å²) >= 11 is 0. The molecule has 0 fully saturated rings. The number of aliphatic imine (C=N–C) groups is 1. The molecule has 0 saturated heterocycles. The predicted molar refractivity (Wildman–Crippen MR) is 118 cm³/mol. The van der Waals surface area contributed by atoms with E-state index in [1.807, 2.05) is 30.5 Å². The molecule has 0 aliphatic carbocycles. The van der Waals surface area contributed by atoms with Crippen LogP contribution in [0.1, 0.15) is 29.3 Å². The first-order valence-electron chi connectivity index (χ1n) is 8.92. The Bertz CT molecular complexity index is 952. The fourth-order valence-electron chi connectivity index (χ4n) is 3.33. The minimum atomic E-state index is 0. The van der Waals surface area contributed by atoms with Crippen LogP contribution in [0.4, 0.5) is 0 Å². The molecule has 4 rings (SSSR count). The van der Waals surface area contributed by atoms with E-state index in [1.54, 1.807) is 0 Å². The fourth-order valence-corrected chi connectivity index (χ4v) is 3.33. The van der Waals surface area contributed by atoms with Crippen molar-refractivity contribution in [1.82, 2.24) is 14.7 Å². The van der Waals surface area contributed by atoms with Gasteiger partial charge in [-0.25, -0.2) is 4.98 Å². The number of nitrogens with one attached hydrogen (secondary N) is 1. The Hall–Kier alpha value is -2.29. The van der Waals surface area contributed by atoms with Gasteiger partial charge in [0.2, 0.25) is 0 Å². The molecule has 1 aromatic carbocycles. The topological polar surface area (TPSA) is 76.9 Å². The van der Waals surface area contributed by atoms with Crippen LogP contribution < -0.4 is 15.8 Å². The van der Waals surface area contributed by atoms with E-state index >= 15 is 0 Å². The summed E-state index contributed by atoms with van der Waals surface area (Å²) in [7, 11) is 0. The van der Waals surface area contributed by atoms with E-state index in [-0.39, 0.29) is 30.0 Å². The van der Waals surface area contributed by atoms with Gasteiger partial charge in [-0.1, -0.05) is 24.3 Å². The van der Waals surface area contributed by atoms with Gasteiger partial charge in [0.15, 0.2) is 5.96 Å². The molecule has 1 aliphatic rings. The molecule has 0 bridgehead atoms. The fraction of sp³-hybridized carbons (Fsp3) is 0.300. The zero-order chi connectivity index (χ0) is 17.9. The van der Waals surface area contributed by atoms with Crippen molar-refractivity contribution >= 4 is 35.6 Å². The standard InChI is InChI=1S/C20H23N5O.HI/c1-14-5-4-11-25-13-15(23-19(14)25)8-10-22-20(21)24-17-9-12-26-18-7-3-2-6-16(17)18;/h2-7,11,13,17H,8-10,12H2,1H3,(H3,21,22,24);1H. The molecule has 0 amide bonds. The number of aryl methyl sites for hydroxylation is 1. The van der Waals surface area contributed by atoms with Crippen molar-refractivity contribution in [3.05, 3.63) is 65.6 Å². The van der Waals surface area contributed by atoms with E-state index in [0.29, 0.717) is 19.1 Å². The summed E-state index contributed by atoms with van der Waals surface area (Å²) < 4.78 is 7.73. The van der Waals surface area contributed by atoms with Crippen molar-refractivity contribution < 1.29 is 4.74 Å². The lowest BCUT2D eigenvalue weighted by Gasteiger charge is -2.26. The smallest absolute Gasteiger partial charge is 0.189 e. The number of para-hydroxylation sites is 1. The molecule has 2 aromatic heterocycles. The molecule has 3 aromatic rings. The van der Waals surface area contributed by atoms with Crippen LogP contribution in [-0.4, -0.2) is 28.5 Å². The number of ether oxygens (including phenoxy) is 1. The molecule has 0 saturated carbocycles. The Kier molecular flexibility index (Phi) is 6.20. The van der Waals surface area contributed by atoms with Crippen LogP contribution in [0.25, 0.3) is 5.65 Å². The van der Waals surface area contributed by atoms with Crippen LogP contribution >= 0.6 is 24.0 Å². The number of imidazole rings is 1. The first-order chi connectivity index (χ1) is 12.7. The minimum Gasteiger partial charge on any atom is -0.493 e. The number of guanidine groups is 1. The van der Waals surface area contributed by atoms with Crippen LogP contribution in [0.3, 0.4) is 0 Å². The predicted octanol–water partition coefficient (Wildman–Crippen LogP) is 3.23. The number of hydrogen-bond donors (Lipinski definition) is 2. The van der Waals surface area contributed by atoms with Gasteiger partial charge in [-0.3, -0.25) is 4.99 Å². The van der Waals surface area contributed by atoms with E-state index in [9.17, 15) is 0 Å². The monoisotopic (exact) mass is 477 g/mol. The van der Waals surface area contributed by atoms with Crippen molar-refractivity contribution in [3.63, 3.8) is 0 Å². The lowest BCUT2D eigenvalue weighted by molar-refractivity contribution is 0.262. The molecule has 142 valence electrons. The Labute approximate surface area is 175 Å². The number of fused-ring (bicyclic) bond motifs is 2. The third-order valence-electron chi connectivity index (χ3n) is 4.66. The van der Waals surface area contributed by atoms with E-state index in [0.717, 1.165) is 35.5 Å². The normalized spacial score (nSPS) is 16.3. The quantitative estimate of drug-likeness (QED) is 0.344. The molecule has 27 heavy (non-hydrogen) atoms. The maximum atomic E-state index is 6.10. The second-order valence-electron chi connectivity index (χ2n) is 6.54. The largest absolute Gasteiger partial charge is 0.493 e. The lowest BCUT2D eigenvalue weighted by atomic mass is 10.0. The highest BCUT2D eigenvalue weighted by atomic mass is 127. The van der Waals surface area contributed by atoms with Gasteiger partial charge in [-0.2, -0.15) is 0 Å². The number of benzene rings is 1. The second kappa shape index (κ2) is 8.60. The van der Waals surface area contributed by atoms with Crippen LogP contribution in [0.5, 0.6) is 5.75 Å². The summed E-state index contributed by atoms with van der Waals surface area (Å²) in [5.41, 5.74) is 10.4. The van der Waals surface area contributed by atoms with Gasteiger partial charge in [0.05, 0.1) is 18.3 Å². The van der Waals surface area contributed by atoms with Crippen molar-refractivity contribution in [2.24, 2.45) is 10.7 Å². The van der Waals surface area contributed by atoms with E-state index in [1.165, 1.54) is 5.56 Å². The third kappa shape index (κ3) is 4.35. The van der Waals surface area contributed by atoms with Crippen molar-refractivity contribution in [3.8, 4) is 5.75 Å². The van der Waals surface area contributed by atoms with E-state index in [4.69, 9.17) is 10.5 Å². The Morgan fingerprint density at radius 3 is 3.04 bits per heavy atom. The van der Waals surface area contributed by atoms with Gasteiger partial charge < -0.3 is 20.2 Å². The summed E-state index contributed by atoms with van der Waals surface area (Å²) in [6.45, 7) is 3.35. The number of nitrogens with zero attached hydrogens (tertiary/aromatic N) is 3. The van der Waals surface area contributed by atoms with Crippen molar-refractivity contribution in [2.75, 3.05) is 13.2 Å².